The average molecular weight is 516 g/mol. The van der Waals surface area contributed by atoms with Gasteiger partial charge in [0.05, 0.1) is 11.7 Å². The number of ether oxygens (including phenoxy) is 2. The quantitative estimate of drug-likeness (QED) is 0.277. The van der Waals surface area contributed by atoms with E-state index < -0.39 is 11.9 Å². The second-order valence-corrected chi connectivity index (χ2v) is 9.31. The van der Waals surface area contributed by atoms with Crippen LogP contribution in [0.25, 0.3) is 12.2 Å². The number of aromatic hydroxyl groups is 1. The van der Waals surface area contributed by atoms with Gasteiger partial charge in [0.2, 0.25) is 0 Å². The number of hydrogen-bond acceptors (Lipinski definition) is 6. The fourth-order valence-electron chi connectivity index (χ4n) is 4.22. The molecule has 0 saturated carbocycles. The van der Waals surface area contributed by atoms with Gasteiger partial charge in [-0.15, -0.1) is 0 Å². The van der Waals surface area contributed by atoms with E-state index >= 15 is 0 Å². The lowest BCUT2D eigenvalue weighted by atomic mass is 9.88. The molecule has 1 aliphatic rings. The lowest BCUT2D eigenvalue weighted by Gasteiger charge is -2.22. The number of fused-ring (bicyclic) bond motifs is 2. The van der Waals surface area contributed by atoms with E-state index in [1.54, 1.807) is 30.3 Å². The first-order valence-electron chi connectivity index (χ1n) is 12.3. The molecule has 196 valence electrons. The number of hydrogen-bond donors (Lipinski definition) is 3. The van der Waals surface area contributed by atoms with E-state index in [9.17, 15) is 24.6 Å². The Labute approximate surface area is 219 Å². The molecular weight excluding hydrogens is 486 g/mol. The Morgan fingerprint density at radius 2 is 1.76 bits per heavy atom. The maximum absolute atomic E-state index is 12.8. The molecule has 0 unspecified atom stereocenters. The summed E-state index contributed by atoms with van der Waals surface area (Å²) in [5, 5.41) is 24.2. The van der Waals surface area contributed by atoms with Gasteiger partial charge in [-0.1, -0.05) is 24.8 Å². The standard InChI is InChI=1S/C30H29NO7/c1-17(2)37-16-21(33)5-4-12-31-29(34)19-7-10-22(25(14-19)30(35)36)28-23-9-6-18(3)13-26(23)38-27-15-20(32)8-11-24(27)28/h6-11,13-15,17,32H,3-5,12,16H2,1-2H3,(H,31,34)(H,35,36). The Bertz CT molecular complexity index is 1520. The number of rotatable bonds is 10. The number of nitrogens with one attached hydrogen (secondary N) is 1. The Morgan fingerprint density at radius 3 is 2.50 bits per heavy atom. The zero-order valence-electron chi connectivity index (χ0n) is 21.2. The Morgan fingerprint density at radius 1 is 1.00 bits per heavy atom. The number of ketones is 1. The molecule has 0 spiro atoms. The van der Waals surface area contributed by atoms with Crippen LogP contribution in [-0.2, 0) is 9.53 Å². The summed E-state index contributed by atoms with van der Waals surface area (Å²) in [6.45, 7) is 7.95. The number of carbonyl (C=O) groups excluding carboxylic acids is 2. The molecule has 38 heavy (non-hydrogen) atoms. The van der Waals surface area contributed by atoms with Crippen molar-refractivity contribution in [2.24, 2.45) is 0 Å². The predicted molar refractivity (Wildman–Crippen MR) is 142 cm³/mol. The molecule has 0 fully saturated rings. The second-order valence-electron chi connectivity index (χ2n) is 9.31. The van der Waals surface area contributed by atoms with Crippen LogP contribution in [0.4, 0.5) is 0 Å². The number of amides is 1. The van der Waals surface area contributed by atoms with Crippen LogP contribution in [-0.4, -0.2) is 47.1 Å². The minimum Gasteiger partial charge on any atom is -0.508 e. The maximum Gasteiger partial charge on any atom is 0.336 e. The molecule has 4 rings (SSSR count). The predicted octanol–water partition coefficient (Wildman–Crippen LogP) is 3.36. The summed E-state index contributed by atoms with van der Waals surface area (Å²) in [4.78, 5) is 37.0. The molecular formula is C30H29NO7. The van der Waals surface area contributed by atoms with Crippen LogP contribution in [0.15, 0.2) is 54.6 Å². The molecule has 0 bridgehead atoms. The number of phenols is 1. The molecule has 8 heteroatoms. The molecule has 1 amide bonds. The van der Waals surface area contributed by atoms with Gasteiger partial charge in [-0.05, 0) is 61.4 Å². The number of carboxylic acid groups (broad SMARTS) is 1. The van der Waals surface area contributed by atoms with Gasteiger partial charge >= 0.3 is 5.97 Å². The third-order valence-electron chi connectivity index (χ3n) is 6.05. The van der Waals surface area contributed by atoms with Gasteiger partial charge < -0.3 is 25.0 Å². The van der Waals surface area contributed by atoms with Crippen molar-refractivity contribution in [1.29, 1.82) is 0 Å². The number of aromatic carboxylic acids is 1. The van der Waals surface area contributed by atoms with Crippen molar-refractivity contribution in [3.8, 4) is 17.2 Å². The minimum atomic E-state index is -1.19. The second kappa shape index (κ2) is 11.3. The summed E-state index contributed by atoms with van der Waals surface area (Å²) in [5.41, 5.74) is 1.75. The molecule has 3 aromatic carbocycles. The number of Topliss-reactive ketones (excluding diaryl/α,β-unsaturated/α-hetero) is 1. The van der Waals surface area contributed by atoms with E-state index in [1.807, 2.05) is 19.9 Å². The SMILES string of the molecule is C=c1ccc2c(c1)Oc1cc(O)ccc1C=2c1ccc(C(=O)NCCCC(=O)COC(C)C)cc1C(=O)O. The molecule has 3 aromatic rings. The van der Waals surface area contributed by atoms with Crippen molar-refractivity contribution in [1.82, 2.24) is 5.32 Å². The van der Waals surface area contributed by atoms with Crippen LogP contribution < -0.4 is 20.5 Å². The van der Waals surface area contributed by atoms with Gasteiger partial charge in [0.15, 0.2) is 5.78 Å². The van der Waals surface area contributed by atoms with E-state index in [0.29, 0.717) is 45.1 Å². The lowest BCUT2D eigenvalue weighted by Crippen LogP contribution is -2.26. The smallest absolute Gasteiger partial charge is 0.336 e. The number of carbonyl (C=O) groups is 3. The highest BCUT2D eigenvalue weighted by molar-refractivity contribution is 6.02. The number of benzene rings is 3. The normalized spacial score (nSPS) is 11.9. The molecule has 1 aliphatic heterocycles. The first kappa shape index (κ1) is 26.6. The molecule has 1 heterocycles. The zero-order chi connectivity index (χ0) is 27.4. The van der Waals surface area contributed by atoms with Crippen LogP contribution in [0.1, 0.15) is 58.5 Å². The molecule has 0 atom stereocenters. The Kier molecular flexibility index (Phi) is 7.93. The van der Waals surface area contributed by atoms with Gasteiger partial charge in [-0.25, -0.2) is 4.79 Å². The lowest BCUT2D eigenvalue weighted by molar-refractivity contribution is -0.125. The fourth-order valence-corrected chi connectivity index (χ4v) is 4.22. The van der Waals surface area contributed by atoms with E-state index in [4.69, 9.17) is 9.47 Å². The fraction of sp³-hybridized carbons (Fsp3) is 0.233. The van der Waals surface area contributed by atoms with Gasteiger partial charge in [-0.2, -0.15) is 0 Å². The van der Waals surface area contributed by atoms with Crippen LogP contribution in [0, 0.1) is 0 Å². The van der Waals surface area contributed by atoms with E-state index in [2.05, 4.69) is 11.9 Å². The van der Waals surface area contributed by atoms with Crippen molar-refractivity contribution in [2.75, 3.05) is 13.2 Å². The van der Waals surface area contributed by atoms with Crippen LogP contribution in [0.3, 0.4) is 0 Å². The summed E-state index contributed by atoms with van der Waals surface area (Å²) in [6.07, 6.45) is 0.693. The van der Waals surface area contributed by atoms with Gasteiger partial charge in [0, 0.05) is 41.0 Å². The topological polar surface area (TPSA) is 122 Å². The van der Waals surface area contributed by atoms with E-state index in [0.717, 1.165) is 0 Å². The molecule has 0 saturated heterocycles. The van der Waals surface area contributed by atoms with Gasteiger partial charge in [-0.3, -0.25) is 9.59 Å². The number of phenolic OH excluding ortho intramolecular Hbond substituents is 1. The summed E-state index contributed by atoms with van der Waals surface area (Å²) >= 11 is 0. The summed E-state index contributed by atoms with van der Waals surface area (Å²) < 4.78 is 11.3. The van der Waals surface area contributed by atoms with Gasteiger partial charge in [0.25, 0.3) is 5.91 Å². The minimum absolute atomic E-state index is 0.0111. The third-order valence-corrected chi connectivity index (χ3v) is 6.05. The van der Waals surface area contributed by atoms with Crippen molar-refractivity contribution >= 4 is 29.8 Å². The van der Waals surface area contributed by atoms with E-state index in [-0.39, 0.29) is 48.3 Å². The molecule has 0 radical (unpaired) electrons. The van der Waals surface area contributed by atoms with Gasteiger partial charge in [0.1, 0.15) is 23.9 Å². The van der Waals surface area contributed by atoms with Crippen molar-refractivity contribution in [3.63, 3.8) is 0 Å². The maximum atomic E-state index is 12.8. The summed E-state index contributed by atoms with van der Waals surface area (Å²) in [6, 6.07) is 14.5. The summed E-state index contributed by atoms with van der Waals surface area (Å²) in [5.74, 6) is -0.799. The number of carboxylic acids is 1. The van der Waals surface area contributed by atoms with Crippen LogP contribution >= 0.6 is 0 Å². The first-order chi connectivity index (χ1) is 18.1. The molecule has 0 aromatic heterocycles. The molecule has 3 N–H and O–H groups in total. The highest BCUT2D eigenvalue weighted by Crippen LogP contribution is 2.38. The molecule has 8 nitrogen and oxygen atoms in total. The average Bonchev–Trinajstić information content (AvgIpc) is 2.87. The Balaban J connectivity index is 1.63. The Hall–Kier alpha value is -4.43. The van der Waals surface area contributed by atoms with Crippen molar-refractivity contribution in [2.45, 2.75) is 32.8 Å². The van der Waals surface area contributed by atoms with Crippen molar-refractivity contribution < 1.29 is 34.1 Å². The highest BCUT2D eigenvalue weighted by Gasteiger charge is 2.25. The van der Waals surface area contributed by atoms with Crippen molar-refractivity contribution in [3.05, 3.63) is 87.3 Å². The van der Waals surface area contributed by atoms with Crippen LogP contribution in [0.2, 0.25) is 0 Å². The zero-order valence-corrected chi connectivity index (χ0v) is 21.2. The third kappa shape index (κ3) is 5.92. The van der Waals surface area contributed by atoms with Crippen LogP contribution in [0.5, 0.6) is 17.2 Å². The highest BCUT2D eigenvalue weighted by atomic mass is 16.5. The first-order valence-corrected chi connectivity index (χ1v) is 12.3. The molecule has 0 aliphatic carbocycles. The van der Waals surface area contributed by atoms with E-state index in [1.165, 1.54) is 18.2 Å². The summed E-state index contributed by atoms with van der Waals surface area (Å²) in [7, 11) is 0. The largest absolute Gasteiger partial charge is 0.508 e. The monoisotopic (exact) mass is 515 g/mol.